The van der Waals surface area contributed by atoms with E-state index in [9.17, 15) is 4.79 Å². The highest BCUT2D eigenvalue weighted by Gasteiger charge is 1.97. The molecule has 0 bridgehead atoms. The molecule has 0 heterocycles. The third kappa shape index (κ3) is 4.35. The quantitative estimate of drug-likeness (QED) is 0.752. The second-order valence-corrected chi connectivity index (χ2v) is 3.03. The molecule has 0 saturated carbocycles. The van der Waals surface area contributed by atoms with Gasteiger partial charge in [0.05, 0.1) is 13.0 Å². The van der Waals surface area contributed by atoms with Crippen molar-refractivity contribution in [3.63, 3.8) is 0 Å². The number of carboxylic acids is 1. The first-order valence-electron chi connectivity index (χ1n) is 4.91. The molecule has 0 aliphatic heterocycles. The van der Waals surface area contributed by atoms with Crippen LogP contribution < -0.4 is 10.1 Å². The molecule has 0 atom stereocenters. The third-order valence-electron chi connectivity index (χ3n) is 1.83. The van der Waals surface area contributed by atoms with Gasteiger partial charge in [0.15, 0.2) is 0 Å². The van der Waals surface area contributed by atoms with Gasteiger partial charge in [0.2, 0.25) is 0 Å². The second kappa shape index (κ2) is 5.90. The van der Waals surface area contributed by atoms with Crippen molar-refractivity contribution in [2.75, 3.05) is 18.5 Å². The van der Waals surface area contributed by atoms with Crippen LogP contribution in [-0.2, 0) is 4.79 Å². The first-order chi connectivity index (χ1) is 7.22. The molecule has 4 nitrogen and oxygen atoms in total. The molecule has 0 amide bonds. The first-order valence-corrected chi connectivity index (χ1v) is 4.91. The molecule has 82 valence electrons. The van der Waals surface area contributed by atoms with Crippen LogP contribution in [0.5, 0.6) is 5.75 Å². The number of benzene rings is 1. The van der Waals surface area contributed by atoms with Gasteiger partial charge in [-0.15, -0.1) is 0 Å². The summed E-state index contributed by atoms with van der Waals surface area (Å²) in [5.41, 5.74) is 0.903. The number of hydrogen-bond acceptors (Lipinski definition) is 3. The van der Waals surface area contributed by atoms with Crippen molar-refractivity contribution in [2.45, 2.75) is 13.3 Å². The van der Waals surface area contributed by atoms with E-state index in [1.807, 2.05) is 31.2 Å². The predicted molar refractivity (Wildman–Crippen MR) is 58.4 cm³/mol. The Labute approximate surface area is 88.9 Å². The smallest absolute Gasteiger partial charge is 0.305 e. The zero-order valence-electron chi connectivity index (χ0n) is 8.69. The molecule has 2 N–H and O–H groups in total. The van der Waals surface area contributed by atoms with Crippen LogP contribution in [0.25, 0.3) is 0 Å². The Kier molecular flexibility index (Phi) is 4.47. The van der Waals surface area contributed by atoms with Gasteiger partial charge in [0.1, 0.15) is 5.75 Å². The van der Waals surface area contributed by atoms with E-state index in [1.165, 1.54) is 0 Å². The topological polar surface area (TPSA) is 58.6 Å². The summed E-state index contributed by atoms with van der Waals surface area (Å²) in [7, 11) is 0. The van der Waals surface area contributed by atoms with E-state index in [0.717, 1.165) is 11.4 Å². The van der Waals surface area contributed by atoms with Crippen molar-refractivity contribution >= 4 is 11.7 Å². The van der Waals surface area contributed by atoms with Crippen LogP contribution in [0.4, 0.5) is 5.69 Å². The molecule has 0 saturated heterocycles. The lowest BCUT2D eigenvalue weighted by molar-refractivity contribution is -0.136. The molecule has 1 aromatic carbocycles. The van der Waals surface area contributed by atoms with E-state index in [4.69, 9.17) is 9.84 Å². The fraction of sp³-hybridized carbons (Fsp3) is 0.364. The largest absolute Gasteiger partial charge is 0.494 e. The molecule has 4 heteroatoms. The standard InChI is InChI=1S/C11H15NO3/c1-2-15-10-5-3-9(4-6-10)12-8-7-11(13)14/h3-6,12H,2,7-8H2,1H3,(H,13,14). The van der Waals surface area contributed by atoms with E-state index in [1.54, 1.807) is 0 Å². The Morgan fingerprint density at radius 1 is 1.40 bits per heavy atom. The fourth-order valence-corrected chi connectivity index (χ4v) is 1.15. The molecular weight excluding hydrogens is 194 g/mol. The lowest BCUT2D eigenvalue weighted by Gasteiger charge is -2.06. The van der Waals surface area contributed by atoms with Crippen molar-refractivity contribution < 1.29 is 14.6 Å². The minimum Gasteiger partial charge on any atom is -0.494 e. The van der Waals surface area contributed by atoms with Crippen LogP contribution in [0.1, 0.15) is 13.3 Å². The van der Waals surface area contributed by atoms with E-state index < -0.39 is 5.97 Å². The van der Waals surface area contributed by atoms with Crippen LogP contribution >= 0.6 is 0 Å². The number of nitrogens with one attached hydrogen (secondary N) is 1. The monoisotopic (exact) mass is 209 g/mol. The molecule has 0 aliphatic rings. The summed E-state index contributed by atoms with van der Waals surface area (Å²) in [5.74, 6) is 0.0229. The van der Waals surface area contributed by atoms with E-state index in [0.29, 0.717) is 13.2 Å². The Morgan fingerprint density at radius 3 is 2.60 bits per heavy atom. The number of hydrogen-bond donors (Lipinski definition) is 2. The van der Waals surface area contributed by atoms with Crippen molar-refractivity contribution in [1.29, 1.82) is 0 Å². The zero-order valence-corrected chi connectivity index (χ0v) is 8.69. The maximum absolute atomic E-state index is 10.3. The molecule has 0 aromatic heterocycles. The van der Waals surface area contributed by atoms with Crippen molar-refractivity contribution in [1.82, 2.24) is 0 Å². The highest BCUT2D eigenvalue weighted by molar-refractivity contribution is 5.67. The van der Waals surface area contributed by atoms with Crippen LogP contribution in [0, 0.1) is 0 Å². The summed E-state index contributed by atoms with van der Waals surface area (Å²) in [5, 5.41) is 11.5. The Hall–Kier alpha value is -1.71. The minimum atomic E-state index is -0.798. The Balaban J connectivity index is 2.39. The molecule has 0 aliphatic carbocycles. The maximum Gasteiger partial charge on any atom is 0.305 e. The summed E-state index contributed by atoms with van der Waals surface area (Å²) in [6.07, 6.45) is 0.118. The SMILES string of the molecule is CCOc1ccc(NCCC(=O)O)cc1. The average Bonchev–Trinajstić information content (AvgIpc) is 2.20. The van der Waals surface area contributed by atoms with E-state index in [2.05, 4.69) is 5.32 Å². The van der Waals surface area contributed by atoms with Gasteiger partial charge in [-0.2, -0.15) is 0 Å². The molecule has 15 heavy (non-hydrogen) atoms. The van der Waals surface area contributed by atoms with Gasteiger partial charge >= 0.3 is 5.97 Å². The lowest BCUT2D eigenvalue weighted by atomic mass is 10.3. The maximum atomic E-state index is 10.3. The number of aliphatic carboxylic acids is 1. The van der Waals surface area contributed by atoms with Gasteiger partial charge in [-0.05, 0) is 31.2 Å². The first kappa shape index (κ1) is 11.4. The van der Waals surface area contributed by atoms with Crippen molar-refractivity contribution in [3.05, 3.63) is 24.3 Å². The molecule has 1 rings (SSSR count). The summed E-state index contributed by atoms with van der Waals surface area (Å²) in [4.78, 5) is 10.3. The molecule has 0 radical (unpaired) electrons. The number of rotatable bonds is 6. The van der Waals surface area contributed by atoms with Crippen LogP contribution in [0.2, 0.25) is 0 Å². The van der Waals surface area contributed by atoms with Gasteiger partial charge in [-0.3, -0.25) is 4.79 Å². The predicted octanol–water partition coefficient (Wildman–Crippen LogP) is 1.97. The summed E-state index contributed by atoms with van der Waals surface area (Å²) in [6.45, 7) is 3.01. The average molecular weight is 209 g/mol. The van der Waals surface area contributed by atoms with Crippen LogP contribution in [-0.4, -0.2) is 24.2 Å². The second-order valence-electron chi connectivity index (χ2n) is 3.03. The molecule has 0 spiro atoms. The van der Waals surface area contributed by atoms with Gasteiger partial charge in [-0.25, -0.2) is 0 Å². The lowest BCUT2D eigenvalue weighted by Crippen LogP contribution is -2.07. The molecule has 1 aromatic rings. The number of carbonyl (C=O) groups is 1. The summed E-state index contributed by atoms with van der Waals surface area (Å²) >= 11 is 0. The number of carboxylic acid groups (broad SMARTS) is 1. The van der Waals surface area contributed by atoms with Crippen molar-refractivity contribution in [3.8, 4) is 5.75 Å². The summed E-state index contributed by atoms with van der Waals surface area (Å²) < 4.78 is 5.28. The normalized spacial score (nSPS) is 9.67. The van der Waals surface area contributed by atoms with Gasteiger partial charge in [-0.1, -0.05) is 0 Å². The highest BCUT2D eigenvalue weighted by Crippen LogP contribution is 2.15. The molecular formula is C11H15NO3. The number of anilines is 1. The van der Waals surface area contributed by atoms with E-state index in [-0.39, 0.29) is 6.42 Å². The minimum absolute atomic E-state index is 0.118. The van der Waals surface area contributed by atoms with Crippen LogP contribution in [0.3, 0.4) is 0 Å². The Bertz CT molecular complexity index is 308. The summed E-state index contributed by atoms with van der Waals surface area (Å²) in [6, 6.07) is 7.44. The highest BCUT2D eigenvalue weighted by atomic mass is 16.5. The van der Waals surface area contributed by atoms with Gasteiger partial charge in [0.25, 0.3) is 0 Å². The van der Waals surface area contributed by atoms with Crippen LogP contribution in [0.15, 0.2) is 24.3 Å². The third-order valence-corrected chi connectivity index (χ3v) is 1.83. The van der Waals surface area contributed by atoms with E-state index >= 15 is 0 Å². The van der Waals surface area contributed by atoms with Gasteiger partial charge < -0.3 is 15.2 Å². The molecule has 0 unspecified atom stereocenters. The fourth-order valence-electron chi connectivity index (χ4n) is 1.15. The van der Waals surface area contributed by atoms with Crippen molar-refractivity contribution in [2.24, 2.45) is 0 Å². The Morgan fingerprint density at radius 2 is 2.07 bits per heavy atom. The molecule has 0 fully saturated rings. The number of ether oxygens (including phenoxy) is 1. The zero-order chi connectivity index (χ0) is 11.1. The van der Waals surface area contributed by atoms with Gasteiger partial charge in [0, 0.05) is 12.2 Å².